The van der Waals surface area contributed by atoms with Crippen LogP contribution >= 0.6 is 0 Å². The number of carbonyl (C=O) groups excluding carboxylic acids is 1. The molecule has 1 aliphatic carbocycles. The van der Waals surface area contributed by atoms with E-state index in [4.69, 9.17) is 10.7 Å². The minimum Gasteiger partial charge on any atom is -0.356 e. The molecule has 1 aliphatic heterocycles. The molecule has 1 saturated carbocycles. The van der Waals surface area contributed by atoms with Gasteiger partial charge in [0.25, 0.3) is 0 Å². The molecular formula is C22H37N5O. The molecule has 6 heteroatoms. The lowest BCUT2D eigenvalue weighted by molar-refractivity contribution is -0.134. The van der Waals surface area contributed by atoms with Crippen molar-refractivity contribution in [3.63, 3.8) is 0 Å². The molecule has 2 heterocycles. The molecule has 0 aromatic carbocycles. The van der Waals surface area contributed by atoms with Gasteiger partial charge in [0.1, 0.15) is 11.6 Å². The molecule has 28 heavy (non-hydrogen) atoms. The lowest BCUT2D eigenvalue weighted by Crippen LogP contribution is -2.48. The van der Waals surface area contributed by atoms with Crippen LogP contribution in [0.4, 0.5) is 5.82 Å². The number of rotatable bonds is 6. The second-order valence-electron chi connectivity index (χ2n) is 8.84. The highest BCUT2D eigenvalue weighted by Gasteiger charge is 2.32. The normalized spacial score (nSPS) is 23.4. The van der Waals surface area contributed by atoms with E-state index in [2.05, 4.69) is 41.6 Å². The van der Waals surface area contributed by atoms with Crippen LogP contribution < -0.4 is 10.6 Å². The number of nitrogens with zero attached hydrogens (tertiary/aromatic N) is 4. The molecule has 2 aliphatic rings. The van der Waals surface area contributed by atoms with Gasteiger partial charge in [-0.2, -0.15) is 0 Å². The molecule has 2 atom stereocenters. The standard InChI is InChI=1S/C22H37N5O/c1-5-27(21(28)14-17-7-6-8-19(17)23)18-9-11-26(12-10-18)20-13-16(4)24-22(25-20)15(2)3/h13,15,17-19H,5-12,14,23H2,1-4H3/t17-,19+/m0/s1. The Hall–Kier alpha value is -1.69. The topological polar surface area (TPSA) is 75.3 Å². The van der Waals surface area contributed by atoms with Gasteiger partial charge in [-0.1, -0.05) is 20.3 Å². The summed E-state index contributed by atoms with van der Waals surface area (Å²) < 4.78 is 0. The van der Waals surface area contributed by atoms with Crippen LogP contribution in [0.1, 0.15) is 76.7 Å². The molecule has 0 spiro atoms. The third kappa shape index (κ3) is 4.83. The van der Waals surface area contributed by atoms with Crippen LogP contribution in [0.25, 0.3) is 0 Å². The number of hydrogen-bond acceptors (Lipinski definition) is 5. The first-order valence-corrected chi connectivity index (χ1v) is 11.0. The molecule has 1 amide bonds. The maximum atomic E-state index is 12.9. The molecule has 0 bridgehead atoms. The number of amides is 1. The van der Waals surface area contributed by atoms with E-state index in [-0.39, 0.29) is 6.04 Å². The Morgan fingerprint density at radius 1 is 1.25 bits per heavy atom. The number of piperidine rings is 1. The molecule has 1 aromatic rings. The van der Waals surface area contributed by atoms with Crippen LogP contribution in [-0.4, -0.2) is 52.5 Å². The first-order chi connectivity index (χ1) is 13.4. The van der Waals surface area contributed by atoms with Gasteiger partial charge in [0, 0.05) is 55.8 Å². The molecule has 1 aromatic heterocycles. The van der Waals surface area contributed by atoms with Crippen LogP contribution in [0.3, 0.4) is 0 Å². The van der Waals surface area contributed by atoms with Crippen LogP contribution in [0.15, 0.2) is 6.07 Å². The first kappa shape index (κ1) is 21.0. The number of anilines is 1. The average Bonchev–Trinajstić information content (AvgIpc) is 3.07. The SMILES string of the molecule is CCN(C(=O)C[C@@H]1CCC[C@H]1N)C1CCN(c2cc(C)nc(C(C)C)n2)CC1. The summed E-state index contributed by atoms with van der Waals surface area (Å²) >= 11 is 0. The third-order valence-electron chi connectivity index (χ3n) is 6.42. The van der Waals surface area contributed by atoms with E-state index in [1.165, 1.54) is 6.42 Å². The lowest BCUT2D eigenvalue weighted by atomic mass is 9.97. The highest BCUT2D eigenvalue weighted by Crippen LogP contribution is 2.29. The highest BCUT2D eigenvalue weighted by molar-refractivity contribution is 5.77. The minimum absolute atomic E-state index is 0.209. The molecule has 2 fully saturated rings. The predicted molar refractivity (Wildman–Crippen MR) is 113 cm³/mol. The number of aromatic nitrogens is 2. The van der Waals surface area contributed by atoms with Crippen molar-refractivity contribution in [3.05, 3.63) is 17.6 Å². The highest BCUT2D eigenvalue weighted by atomic mass is 16.2. The van der Waals surface area contributed by atoms with Crippen molar-refractivity contribution in [2.75, 3.05) is 24.5 Å². The van der Waals surface area contributed by atoms with Crippen LogP contribution in [0, 0.1) is 12.8 Å². The van der Waals surface area contributed by atoms with Gasteiger partial charge in [-0.05, 0) is 45.4 Å². The van der Waals surface area contributed by atoms with Crippen LogP contribution in [0.5, 0.6) is 0 Å². The van der Waals surface area contributed by atoms with E-state index in [1.807, 2.05) is 6.92 Å². The summed E-state index contributed by atoms with van der Waals surface area (Å²) in [5.74, 6) is 2.94. The predicted octanol–water partition coefficient (Wildman–Crippen LogP) is 3.24. The summed E-state index contributed by atoms with van der Waals surface area (Å²) in [5.41, 5.74) is 7.21. The second-order valence-corrected chi connectivity index (χ2v) is 8.84. The van der Waals surface area contributed by atoms with Gasteiger partial charge in [0.05, 0.1) is 0 Å². The number of nitrogens with two attached hydrogens (primary N) is 1. The van der Waals surface area contributed by atoms with Crippen molar-refractivity contribution in [1.82, 2.24) is 14.9 Å². The Bertz CT molecular complexity index is 669. The van der Waals surface area contributed by atoms with E-state index in [0.717, 1.165) is 62.7 Å². The number of hydrogen-bond donors (Lipinski definition) is 1. The smallest absolute Gasteiger partial charge is 0.223 e. The Labute approximate surface area is 169 Å². The summed E-state index contributed by atoms with van der Waals surface area (Å²) in [6.45, 7) is 11.1. The van der Waals surface area contributed by atoms with Crippen molar-refractivity contribution in [2.24, 2.45) is 11.7 Å². The van der Waals surface area contributed by atoms with E-state index in [9.17, 15) is 4.79 Å². The van der Waals surface area contributed by atoms with E-state index < -0.39 is 0 Å². The number of aryl methyl sites for hydroxylation is 1. The third-order valence-corrected chi connectivity index (χ3v) is 6.42. The Balaban J connectivity index is 1.60. The zero-order valence-corrected chi connectivity index (χ0v) is 18.0. The van der Waals surface area contributed by atoms with Crippen molar-refractivity contribution in [3.8, 4) is 0 Å². The van der Waals surface area contributed by atoms with Crippen molar-refractivity contribution >= 4 is 11.7 Å². The molecular weight excluding hydrogens is 350 g/mol. The zero-order valence-electron chi connectivity index (χ0n) is 18.0. The van der Waals surface area contributed by atoms with Crippen LogP contribution in [0.2, 0.25) is 0 Å². The Kier molecular flexibility index (Phi) is 6.91. The maximum absolute atomic E-state index is 12.9. The van der Waals surface area contributed by atoms with Gasteiger partial charge in [-0.25, -0.2) is 9.97 Å². The lowest BCUT2D eigenvalue weighted by Gasteiger charge is -2.39. The fourth-order valence-electron chi connectivity index (χ4n) is 4.70. The van der Waals surface area contributed by atoms with Gasteiger partial charge in [0.2, 0.25) is 5.91 Å². The molecule has 3 rings (SSSR count). The second kappa shape index (κ2) is 9.21. The summed E-state index contributed by atoms with van der Waals surface area (Å²) in [6, 6.07) is 2.62. The molecule has 156 valence electrons. The van der Waals surface area contributed by atoms with Gasteiger partial charge >= 0.3 is 0 Å². The Morgan fingerprint density at radius 3 is 2.54 bits per heavy atom. The molecule has 6 nitrogen and oxygen atoms in total. The molecule has 0 unspecified atom stereocenters. The molecule has 1 saturated heterocycles. The van der Waals surface area contributed by atoms with Crippen molar-refractivity contribution < 1.29 is 4.79 Å². The fraction of sp³-hybridized carbons (Fsp3) is 0.773. The average molecular weight is 388 g/mol. The zero-order chi connectivity index (χ0) is 20.3. The quantitative estimate of drug-likeness (QED) is 0.811. The number of carbonyl (C=O) groups is 1. The largest absolute Gasteiger partial charge is 0.356 e. The summed E-state index contributed by atoms with van der Waals surface area (Å²) in [7, 11) is 0. The first-order valence-electron chi connectivity index (χ1n) is 11.0. The molecule has 2 N–H and O–H groups in total. The van der Waals surface area contributed by atoms with E-state index >= 15 is 0 Å². The van der Waals surface area contributed by atoms with Crippen molar-refractivity contribution in [2.45, 2.75) is 84.2 Å². The minimum atomic E-state index is 0.209. The summed E-state index contributed by atoms with van der Waals surface area (Å²) in [4.78, 5) is 26.7. The summed E-state index contributed by atoms with van der Waals surface area (Å²) in [6.07, 6.45) is 5.96. The van der Waals surface area contributed by atoms with Gasteiger partial charge in [0.15, 0.2) is 0 Å². The maximum Gasteiger partial charge on any atom is 0.223 e. The van der Waals surface area contributed by atoms with E-state index in [1.54, 1.807) is 0 Å². The summed E-state index contributed by atoms with van der Waals surface area (Å²) in [5, 5.41) is 0. The van der Waals surface area contributed by atoms with Gasteiger partial charge < -0.3 is 15.5 Å². The van der Waals surface area contributed by atoms with Crippen molar-refractivity contribution in [1.29, 1.82) is 0 Å². The fourth-order valence-corrected chi connectivity index (χ4v) is 4.70. The van der Waals surface area contributed by atoms with Gasteiger partial charge in [-0.15, -0.1) is 0 Å². The van der Waals surface area contributed by atoms with E-state index in [0.29, 0.717) is 30.2 Å². The monoisotopic (exact) mass is 387 g/mol. The van der Waals surface area contributed by atoms with Crippen LogP contribution in [-0.2, 0) is 4.79 Å². The van der Waals surface area contributed by atoms with Gasteiger partial charge in [-0.3, -0.25) is 4.79 Å². The molecule has 0 radical (unpaired) electrons. The Morgan fingerprint density at radius 2 is 1.96 bits per heavy atom.